The normalized spacial score (nSPS) is 9.89. The summed E-state index contributed by atoms with van der Waals surface area (Å²) in [5.41, 5.74) is 1.19. The molecular formula is C13H12N4O2. The van der Waals surface area contributed by atoms with Gasteiger partial charge >= 0.3 is 0 Å². The van der Waals surface area contributed by atoms with Crippen molar-refractivity contribution >= 4 is 11.6 Å². The Balaban J connectivity index is 2.30. The van der Waals surface area contributed by atoms with Crippen LogP contribution in [0.2, 0.25) is 0 Å². The molecule has 1 aromatic heterocycles. The molecule has 2 rings (SSSR count). The van der Waals surface area contributed by atoms with Gasteiger partial charge in [-0.05, 0) is 12.1 Å². The average Bonchev–Trinajstić information content (AvgIpc) is 2.88. The van der Waals surface area contributed by atoms with Crippen molar-refractivity contribution in [1.82, 2.24) is 10.1 Å². The smallest absolute Gasteiger partial charge is 0.260 e. The highest BCUT2D eigenvalue weighted by atomic mass is 16.5. The van der Waals surface area contributed by atoms with Crippen molar-refractivity contribution in [3.63, 3.8) is 0 Å². The minimum atomic E-state index is -0.370. The van der Waals surface area contributed by atoms with Gasteiger partial charge in [-0.15, -0.1) is 0 Å². The molecule has 1 heterocycles. The Labute approximate surface area is 110 Å². The van der Waals surface area contributed by atoms with Crippen molar-refractivity contribution in [1.29, 1.82) is 5.26 Å². The first-order valence-electron chi connectivity index (χ1n) is 5.83. The van der Waals surface area contributed by atoms with E-state index in [2.05, 4.69) is 15.5 Å². The number of amides is 1. The lowest BCUT2D eigenvalue weighted by Crippen LogP contribution is -2.10. The van der Waals surface area contributed by atoms with E-state index >= 15 is 0 Å². The molecule has 0 fully saturated rings. The predicted octanol–water partition coefficient (Wildman–Crippen LogP) is 2.15. The fraction of sp³-hybridized carbons (Fsp3) is 0.231. The summed E-state index contributed by atoms with van der Waals surface area (Å²) in [5, 5.41) is 14.9. The van der Waals surface area contributed by atoms with Crippen molar-refractivity contribution in [2.24, 2.45) is 0 Å². The van der Waals surface area contributed by atoms with Gasteiger partial charge in [0.2, 0.25) is 5.91 Å². The SMILES string of the molecule is CCc1noc(-c2ccccc2NC(=O)CC#N)n1. The topological polar surface area (TPSA) is 91.8 Å². The first-order chi connectivity index (χ1) is 9.24. The van der Waals surface area contributed by atoms with Gasteiger partial charge in [-0.2, -0.15) is 10.2 Å². The highest BCUT2D eigenvalue weighted by Gasteiger charge is 2.13. The minimum absolute atomic E-state index is 0.196. The zero-order valence-electron chi connectivity index (χ0n) is 10.4. The Morgan fingerprint density at radius 3 is 2.95 bits per heavy atom. The molecule has 6 heteroatoms. The molecule has 0 aliphatic heterocycles. The summed E-state index contributed by atoms with van der Waals surface area (Å²) >= 11 is 0. The highest BCUT2D eigenvalue weighted by molar-refractivity contribution is 5.95. The van der Waals surface area contributed by atoms with Crippen LogP contribution in [0.25, 0.3) is 11.5 Å². The van der Waals surface area contributed by atoms with Gasteiger partial charge in [0.1, 0.15) is 6.42 Å². The maximum absolute atomic E-state index is 11.5. The van der Waals surface area contributed by atoms with Crippen LogP contribution in [0.5, 0.6) is 0 Å². The number of carbonyl (C=O) groups excluding carboxylic acids is 1. The second-order valence-corrected chi connectivity index (χ2v) is 3.80. The van der Waals surface area contributed by atoms with Crippen molar-refractivity contribution in [3.05, 3.63) is 30.1 Å². The number of anilines is 1. The summed E-state index contributed by atoms with van der Waals surface area (Å²) in [7, 11) is 0. The lowest BCUT2D eigenvalue weighted by molar-refractivity contribution is -0.115. The number of hydrogen-bond donors (Lipinski definition) is 1. The lowest BCUT2D eigenvalue weighted by atomic mass is 10.1. The summed E-state index contributed by atoms with van der Waals surface area (Å²) in [6.07, 6.45) is 0.477. The van der Waals surface area contributed by atoms with Gasteiger partial charge < -0.3 is 9.84 Å². The van der Waals surface area contributed by atoms with Crippen LogP contribution in [0, 0.1) is 11.3 Å². The number of benzene rings is 1. The minimum Gasteiger partial charge on any atom is -0.334 e. The monoisotopic (exact) mass is 256 g/mol. The molecule has 0 radical (unpaired) electrons. The molecule has 0 bridgehead atoms. The van der Waals surface area contributed by atoms with Gasteiger partial charge in [0.15, 0.2) is 5.82 Å². The molecular weight excluding hydrogens is 244 g/mol. The summed E-state index contributed by atoms with van der Waals surface area (Å²) in [5.74, 6) is 0.586. The number of para-hydroxylation sites is 1. The van der Waals surface area contributed by atoms with Gasteiger partial charge in [-0.25, -0.2) is 0 Å². The molecule has 1 N–H and O–H groups in total. The van der Waals surface area contributed by atoms with Crippen LogP contribution in [0.3, 0.4) is 0 Å². The molecule has 1 amide bonds. The van der Waals surface area contributed by atoms with Gasteiger partial charge in [0, 0.05) is 6.42 Å². The van der Waals surface area contributed by atoms with E-state index in [1.807, 2.05) is 13.0 Å². The van der Waals surface area contributed by atoms with E-state index in [1.54, 1.807) is 24.3 Å². The molecule has 19 heavy (non-hydrogen) atoms. The van der Waals surface area contributed by atoms with E-state index < -0.39 is 0 Å². The third kappa shape index (κ3) is 2.96. The zero-order valence-corrected chi connectivity index (χ0v) is 10.4. The van der Waals surface area contributed by atoms with E-state index in [9.17, 15) is 4.79 Å². The van der Waals surface area contributed by atoms with Crippen molar-refractivity contribution in [3.8, 4) is 17.5 Å². The van der Waals surface area contributed by atoms with Gasteiger partial charge in [0.05, 0.1) is 17.3 Å². The molecule has 0 atom stereocenters. The number of nitrogens with one attached hydrogen (secondary N) is 1. The lowest BCUT2D eigenvalue weighted by Gasteiger charge is -2.06. The molecule has 0 saturated heterocycles. The Morgan fingerprint density at radius 2 is 2.26 bits per heavy atom. The molecule has 96 valence electrons. The summed E-state index contributed by atoms with van der Waals surface area (Å²) < 4.78 is 5.15. The van der Waals surface area contributed by atoms with Crippen molar-refractivity contribution in [2.45, 2.75) is 19.8 Å². The van der Waals surface area contributed by atoms with Crippen molar-refractivity contribution in [2.75, 3.05) is 5.32 Å². The van der Waals surface area contributed by atoms with Crippen LogP contribution in [0.4, 0.5) is 5.69 Å². The van der Waals surface area contributed by atoms with Gasteiger partial charge in [-0.3, -0.25) is 4.79 Å². The maximum Gasteiger partial charge on any atom is 0.260 e. The van der Waals surface area contributed by atoms with E-state index in [0.29, 0.717) is 29.4 Å². The standard InChI is InChI=1S/C13H12N4O2/c1-2-11-16-13(19-17-11)9-5-3-4-6-10(9)15-12(18)7-8-14/h3-6H,2,7H2,1H3,(H,15,18). The van der Waals surface area contributed by atoms with E-state index in [4.69, 9.17) is 9.78 Å². The first kappa shape index (κ1) is 12.8. The number of nitrogens with zero attached hydrogens (tertiary/aromatic N) is 3. The summed E-state index contributed by atoms with van der Waals surface area (Å²) in [6, 6.07) is 8.88. The zero-order chi connectivity index (χ0) is 13.7. The van der Waals surface area contributed by atoms with Crippen LogP contribution in [0.1, 0.15) is 19.2 Å². The molecule has 0 aliphatic carbocycles. The van der Waals surface area contributed by atoms with Crippen LogP contribution in [-0.4, -0.2) is 16.0 Å². The molecule has 1 aromatic carbocycles. The number of hydrogen-bond acceptors (Lipinski definition) is 5. The number of rotatable bonds is 4. The molecule has 2 aromatic rings. The quantitative estimate of drug-likeness (QED) is 0.904. The average molecular weight is 256 g/mol. The first-order valence-corrected chi connectivity index (χ1v) is 5.83. The fourth-order valence-electron chi connectivity index (χ4n) is 1.55. The van der Waals surface area contributed by atoms with E-state index in [0.717, 1.165) is 0 Å². The highest BCUT2D eigenvalue weighted by Crippen LogP contribution is 2.26. The predicted molar refractivity (Wildman–Crippen MR) is 68.0 cm³/mol. The maximum atomic E-state index is 11.5. The van der Waals surface area contributed by atoms with E-state index in [-0.39, 0.29) is 12.3 Å². The second kappa shape index (κ2) is 5.78. The summed E-state index contributed by atoms with van der Waals surface area (Å²) in [6.45, 7) is 1.93. The number of aryl methyl sites for hydroxylation is 1. The third-order valence-electron chi connectivity index (χ3n) is 2.46. The summed E-state index contributed by atoms with van der Waals surface area (Å²) in [4.78, 5) is 15.7. The molecule has 0 aliphatic rings. The number of carbonyl (C=O) groups is 1. The largest absolute Gasteiger partial charge is 0.334 e. The van der Waals surface area contributed by atoms with Crippen LogP contribution >= 0.6 is 0 Å². The Morgan fingerprint density at radius 1 is 1.47 bits per heavy atom. The third-order valence-corrected chi connectivity index (χ3v) is 2.46. The van der Waals surface area contributed by atoms with Crippen LogP contribution in [-0.2, 0) is 11.2 Å². The Bertz CT molecular complexity index is 628. The molecule has 6 nitrogen and oxygen atoms in total. The van der Waals surface area contributed by atoms with Crippen LogP contribution in [0.15, 0.2) is 28.8 Å². The Hall–Kier alpha value is -2.68. The van der Waals surface area contributed by atoms with Gasteiger partial charge in [-0.1, -0.05) is 24.2 Å². The Kier molecular flexibility index (Phi) is 3.88. The second-order valence-electron chi connectivity index (χ2n) is 3.80. The van der Waals surface area contributed by atoms with E-state index in [1.165, 1.54) is 0 Å². The fourth-order valence-corrected chi connectivity index (χ4v) is 1.55. The van der Waals surface area contributed by atoms with Crippen molar-refractivity contribution < 1.29 is 9.32 Å². The number of nitriles is 1. The van der Waals surface area contributed by atoms with Gasteiger partial charge in [0.25, 0.3) is 5.89 Å². The number of aromatic nitrogens is 2. The molecule has 0 spiro atoms. The molecule has 0 unspecified atom stereocenters. The van der Waals surface area contributed by atoms with Crippen LogP contribution < -0.4 is 5.32 Å². The molecule has 0 saturated carbocycles.